The van der Waals surface area contributed by atoms with Gasteiger partial charge in [-0.15, -0.1) is 0 Å². The van der Waals surface area contributed by atoms with Gasteiger partial charge in [0.05, 0.1) is 0 Å². The van der Waals surface area contributed by atoms with Crippen LogP contribution in [0.5, 0.6) is 0 Å². The molecule has 0 aliphatic rings. The minimum atomic E-state index is 0.528. The fraction of sp³-hybridized carbons (Fsp3) is 1.00. The molecule has 0 saturated carbocycles. The molecule has 2 heteroatoms. The second kappa shape index (κ2) is 12.4. The Labute approximate surface area is 109 Å². The summed E-state index contributed by atoms with van der Waals surface area (Å²) in [7, 11) is 0. The smallest absolute Gasteiger partial charge is 0.0213 e. The Morgan fingerprint density at radius 1 is 0.941 bits per heavy atom. The first kappa shape index (κ1) is 16.9. The molecule has 0 aliphatic carbocycles. The maximum atomic E-state index is 5.61. The first-order valence-corrected chi connectivity index (χ1v) is 7.70. The summed E-state index contributed by atoms with van der Waals surface area (Å²) in [6.45, 7) is 6.84. The minimum Gasteiger partial charge on any atom is -0.271 e. The van der Waals surface area contributed by atoms with Crippen LogP contribution in [0.2, 0.25) is 0 Å². The van der Waals surface area contributed by atoms with Gasteiger partial charge in [0.2, 0.25) is 0 Å². The Balaban J connectivity index is 3.37. The topological polar surface area (TPSA) is 38.0 Å². The number of hydrazine groups is 1. The Kier molecular flexibility index (Phi) is 12.3. The fourth-order valence-corrected chi connectivity index (χ4v) is 2.27. The lowest BCUT2D eigenvalue weighted by Gasteiger charge is -2.19. The van der Waals surface area contributed by atoms with Gasteiger partial charge < -0.3 is 0 Å². The predicted octanol–water partition coefficient (Wildman–Crippen LogP) is 4.40. The summed E-state index contributed by atoms with van der Waals surface area (Å²) in [6.07, 6.45) is 13.4. The molecule has 2 nitrogen and oxygen atoms in total. The van der Waals surface area contributed by atoms with Gasteiger partial charge in [0, 0.05) is 6.04 Å². The summed E-state index contributed by atoms with van der Waals surface area (Å²) < 4.78 is 0. The predicted molar refractivity (Wildman–Crippen MR) is 77.8 cm³/mol. The third-order valence-electron chi connectivity index (χ3n) is 3.78. The van der Waals surface area contributed by atoms with Crippen LogP contribution in [0.25, 0.3) is 0 Å². The second-order valence-electron chi connectivity index (χ2n) is 5.52. The summed E-state index contributed by atoms with van der Waals surface area (Å²) in [5, 5.41) is 0. The molecule has 3 N–H and O–H groups in total. The van der Waals surface area contributed by atoms with E-state index >= 15 is 0 Å². The third-order valence-corrected chi connectivity index (χ3v) is 3.78. The van der Waals surface area contributed by atoms with Gasteiger partial charge >= 0.3 is 0 Å². The zero-order valence-corrected chi connectivity index (χ0v) is 12.3. The van der Waals surface area contributed by atoms with E-state index in [1.165, 1.54) is 64.2 Å². The summed E-state index contributed by atoms with van der Waals surface area (Å²) in [6, 6.07) is 0.528. The van der Waals surface area contributed by atoms with Crippen LogP contribution in [0, 0.1) is 5.92 Å². The van der Waals surface area contributed by atoms with Crippen molar-refractivity contribution in [1.29, 1.82) is 0 Å². The molecule has 0 fully saturated rings. The van der Waals surface area contributed by atoms with E-state index in [1.54, 1.807) is 0 Å². The molecule has 0 aliphatic heterocycles. The van der Waals surface area contributed by atoms with Gasteiger partial charge in [-0.3, -0.25) is 11.3 Å². The fourth-order valence-electron chi connectivity index (χ4n) is 2.27. The Bertz CT molecular complexity index is 148. The SMILES string of the molecule is CCCCCCCCCC(CC(C)CC)NN. The highest BCUT2D eigenvalue weighted by molar-refractivity contribution is 4.67. The third kappa shape index (κ3) is 10.8. The summed E-state index contributed by atoms with van der Waals surface area (Å²) in [5.41, 5.74) is 2.98. The van der Waals surface area contributed by atoms with Crippen molar-refractivity contribution in [2.24, 2.45) is 11.8 Å². The van der Waals surface area contributed by atoms with Crippen LogP contribution < -0.4 is 11.3 Å². The van der Waals surface area contributed by atoms with Crippen LogP contribution in [0.3, 0.4) is 0 Å². The van der Waals surface area contributed by atoms with Gasteiger partial charge in [-0.1, -0.05) is 72.1 Å². The van der Waals surface area contributed by atoms with Gasteiger partial charge in [0.25, 0.3) is 0 Å². The average molecular weight is 242 g/mol. The van der Waals surface area contributed by atoms with Crippen LogP contribution in [-0.2, 0) is 0 Å². The Morgan fingerprint density at radius 3 is 2.06 bits per heavy atom. The Morgan fingerprint density at radius 2 is 1.53 bits per heavy atom. The van der Waals surface area contributed by atoms with Crippen molar-refractivity contribution < 1.29 is 0 Å². The van der Waals surface area contributed by atoms with Crippen LogP contribution >= 0.6 is 0 Å². The molecule has 17 heavy (non-hydrogen) atoms. The van der Waals surface area contributed by atoms with Gasteiger partial charge in [-0.05, 0) is 18.8 Å². The molecule has 0 spiro atoms. The molecule has 0 rings (SSSR count). The van der Waals surface area contributed by atoms with E-state index in [2.05, 4.69) is 26.2 Å². The zero-order valence-electron chi connectivity index (χ0n) is 12.3. The van der Waals surface area contributed by atoms with Crippen LogP contribution in [-0.4, -0.2) is 6.04 Å². The number of rotatable bonds is 12. The first-order chi connectivity index (χ1) is 8.24. The molecule has 2 atom stereocenters. The lowest BCUT2D eigenvalue weighted by Crippen LogP contribution is -2.36. The van der Waals surface area contributed by atoms with Crippen molar-refractivity contribution in [2.45, 2.75) is 91.0 Å². The van der Waals surface area contributed by atoms with E-state index in [4.69, 9.17) is 5.84 Å². The van der Waals surface area contributed by atoms with Gasteiger partial charge in [-0.25, -0.2) is 0 Å². The molecular formula is C15H34N2. The van der Waals surface area contributed by atoms with E-state index in [0.717, 1.165) is 5.92 Å². The normalized spacial score (nSPS) is 14.8. The van der Waals surface area contributed by atoms with E-state index in [9.17, 15) is 0 Å². The number of hydrogen-bond donors (Lipinski definition) is 2. The highest BCUT2D eigenvalue weighted by Gasteiger charge is 2.09. The molecule has 0 aromatic heterocycles. The van der Waals surface area contributed by atoms with Crippen molar-refractivity contribution in [2.75, 3.05) is 0 Å². The van der Waals surface area contributed by atoms with E-state index in [0.29, 0.717) is 6.04 Å². The van der Waals surface area contributed by atoms with Crippen molar-refractivity contribution in [3.05, 3.63) is 0 Å². The molecule has 2 unspecified atom stereocenters. The molecular weight excluding hydrogens is 208 g/mol. The van der Waals surface area contributed by atoms with Gasteiger partial charge in [-0.2, -0.15) is 0 Å². The zero-order chi connectivity index (χ0) is 12.9. The molecule has 0 aromatic rings. The number of hydrogen-bond acceptors (Lipinski definition) is 2. The lowest BCUT2D eigenvalue weighted by molar-refractivity contribution is 0.370. The molecule has 0 heterocycles. The standard InChI is InChI=1S/C15H34N2/c1-4-6-7-8-9-10-11-12-15(17-16)13-14(3)5-2/h14-15,17H,4-13,16H2,1-3H3. The van der Waals surface area contributed by atoms with Crippen LogP contribution in [0.4, 0.5) is 0 Å². The monoisotopic (exact) mass is 242 g/mol. The highest BCUT2D eigenvalue weighted by Crippen LogP contribution is 2.15. The van der Waals surface area contributed by atoms with Crippen molar-refractivity contribution in [3.63, 3.8) is 0 Å². The maximum Gasteiger partial charge on any atom is 0.0213 e. The molecule has 0 amide bonds. The minimum absolute atomic E-state index is 0.528. The molecule has 0 bridgehead atoms. The maximum absolute atomic E-state index is 5.61. The van der Waals surface area contributed by atoms with Crippen molar-refractivity contribution >= 4 is 0 Å². The van der Waals surface area contributed by atoms with Gasteiger partial charge in [0.1, 0.15) is 0 Å². The first-order valence-electron chi connectivity index (χ1n) is 7.70. The van der Waals surface area contributed by atoms with Crippen LogP contribution in [0.15, 0.2) is 0 Å². The molecule has 0 aromatic carbocycles. The van der Waals surface area contributed by atoms with Gasteiger partial charge in [0.15, 0.2) is 0 Å². The van der Waals surface area contributed by atoms with Crippen molar-refractivity contribution in [1.82, 2.24) is 5.43 Å². The van der Waals surface area contributed by atoms with E-state index in [-0.39, 0.29) is 0 Å². The van der Waals surface area contributed by atoms with E-state index < -0.39 is 0 Å². The molecule has 104 valence electrons. The second-order valence-corrected chi connectivity index (χ2v) is 5.52. The number of nitrogens with one attached hydrogen (secondary N) is 1. The highest BCUT2D eigenvalue weighted by atomic mass is 15.2. The summed E-state index contributed by atoms with van der Waals surface area (Å²) in [5.74, 6) is 6.40. The molecule has 0 saturated heterocycles. The molecule has 0 radical (unpaired) electrons. The number of nitrogens with two attached hydrogens (primary N) is 1. The Hall–Kier alpha value is -0.0800. The average Bonchev–Trinajstić information content (AvgIpc) is 2.35. The quantitative estimate of drug-likeness (QED) is 0.302. The number of unbranched alkanes of at least 4 members (excludes halogenated alkanes) is 6. The lowest BCUT2D eigenvalue weighted by atomic mass is 9.95. The summed E-state index contributed by atoms with van der Waals surface area (Å²) >= 11 is 0. The summed E-state index contributed by atoms with van der Waals surface area (Å²) in [4.78, 5) is 0. The largest absolute Gasteiger partial charge is 0.271 e. The van der Waals surface area contributed by atoms with Crippen LogP contribution in [0.1, 0.15) is 85.0 Å². The van der Waals surface area contributed by atoms with Crippen molar-refractivity contribution in [3.8, 4) is 0 Å². The van der Waals surface area contributed by atoms with E-state index in [1.807, 2.05) is 0 Å².